The first kappa shape index (κ1) is 15.5. The molecule has 1 saturated heterocycles. The van der Waals surface area contributed by atoms with Crippen molar-refractivity contribution < 1.29 is 9.53 Å². The number of carbonyl (C=O) groups is 1. The lowest BCUT2D eigenvalue weighted by atomic mass is 10.1. The summed E-state index contributed by atoms with van der Waals surface area (Å²) in [6.07, 6.45) is 1.69. The maximum atomic E-state index is 11.8. The van der Waals surface area contributed by atoms with E-state index in [1.54, 1.807) is 24.3 Å². The normalized spacial score (nSPS) is 15.4. The van der Waals surface area contributed by atoms with Gasteiger partial charge in [0.05, 0.1) is 0 Å². The van der Waals surface area contributed by atoms with Gasteiger partial charge in [0.1, 0.15) is 18.1 Å². The van der Waals surface area contributed by atoms with E-state index in [-0.39, 0.29) is 5.91 Å². The van der Waals surface area contributed by atoms with Crippen molar-refractivity contribution in [2.45, 2.75) is 6.61 Å². The molecular formula is C17H13ClN2O2S. The van der Waals surface area contributed by atoms with E-state index < -0.39 is 0 Å². The fraction of sp³-hybridized carbons (Fsp3) is 0.0588. The van der Waals surface area contributed by atoms with E-state index in [4.69, 9.17) is 28.6 Å². The van der Waals surface area contributed by atoms with Gasteiger partial charge in [0.2, 0.25) is 0 Å². The van der Waals surface area contributed by atoms with Crippen molar-refractivity contribution in [1.82, 2.24) is 10.6 Å². The average molecular weight is 345 g/mol. The SMILES string of the molecule is O=C1NC(=S)N/C1=C\c1ccc(Cl)cc1OCc1ccccc1. The third-order valence-corrected chi connectivity index (χ3v) is 3.67. The summed E-state index contributed by atoms with van der Waals surface area (Å²) in [5.41, 5.74) is 2.17. The molecule has 0 aliphatic carbocycles. The summed E-state index contributed by atoms with van der Waals surface area (Å²) < 4.78 is 5.86. The molecule has 0 aromatic heterocycles. The molecule has 23 heavy (non-hydrogen) atoms. The predicted molar refractivity (Wildman–Crippen MR) is 94.1 cm³/mol. The molecule has 2 aromatic carbocycles. The van der Waals surface area contributed by atoms with Crippen LogP contribution in [0.25, 0.3) is 6.08 Å². The summed E-state index contributed by atoms with van der Waals surface area (Å²) >= 11 is 11.0. The van der Waals surface area contributed by atoms with Crippen LogP contribution in [0.2, 0.25) is 5.02 Å². The second-order valence-electron chi connectivity index (χ2n) is 4.92. The topological polar surface area (TPSA) is 50.4 Å². The van der Waals surface area contributed by atoms with Gasteiger partial charge in [0, 0.05) is 10.6 Å². The van der Waals surface area contributed by atoms with Crippen LogP contribution in [0, 0.1) is 0 Å². The van der Waals surface area contributed by atoms with Gasteiger partial charge >= 0.3 is 0 Å². The lowest BCUT2D eigenvalue weighted by Gasteiger charge is -2.10. The van der Waals surface area contributed by atoms with Crippen LogP contribution in [0.1, 0.15) is 11.1 Å². The molecule has 1 aliphatic rings. The predicted octanol–water partition coefficient (Wildman–Crippen LogP) is 3.26. The van der Waals surface area contributed by atoms with Crippen LogP contribution in [0.5, 0.6) is 5.75 Å². The Morgan fingerprint density at radius 1 is 1.13 bits per heavy atom. The molecular weight excluding hydrogens is 332 g/mol. The highest BCUT2D eigenvalue weighted by Gasteiger charge is 2.20. The van der Waals surface area contributed by atoms with Gasteiger partial charge in [0.15, 0.2) is 5.11 Å². The Labute approximate surface area is 144 Å². The van der Waals surface area contributed by atoms with E-state index in [9.17, 15) is 4.79 Å². The monoisotopic (exact) mass is 344 g/mol. The lowest BCUT2D eigenvalue weighted by Crippen LogP contribution is -2.21. The van der Waals surface area contributed by atoms with Gasteiger partial charge in [-0.25, -0.2) is 0 Å². The van der Waals surface area contributed by atoms with Crippen LogP contribution in [0.3, 0.4) is 0 Å². The summed E-state index contributed by atoms with van der Waals surface area (Å²) in [6, 6.07) is 15.1. The van der Waals surface area contributed by atoms with Crippen molar-refractivity contribution in [2.75, 3.05) is 0 Å². The number of carbonyl (C=O) groups excluding carboxylic acids is 1. The summed E-state index contributed by atoms with van der Waals surface area (Å²) in [5, 5.41) is 6.19. The summed E-state index contributed by atoms with van der Waals surface area (Å²) in [7, 11) is 0. The Balaban J connectivity index is 1.85. The zero-order valence-corrected chi connectivity index (χ0v) is 13.6. The van der Waals surface area contributed by atoms with Crippen molar-refractivity contribution in [3.63, 3.8) is 0 Å². The van der Waals surface area contributed by atoms with E-state index in [0.29, 0.717) is 28.2 Å². The number of amides is 1. The second kappa shape index (κ2) is 6.81. The molecule has 0 atom stereocenters. The van der Waals surface area contributed by atoms with Gasteiger partial charge in [-0.05, 0) is 42.1 Å². The average Bonchev–Trinajstić information content (AvgIpc) is 2.86. The van der Waals surface area contributed by atoms with Crippen molar-refractivity contribution in [3.8, 4) is 5.75 Å². The minimum Gasteiger partial charge on any atom is -0.488 e. The first-order valence-electron chi connectivity index (χ1n) is 6.92. The van der Waals surface area contributed by atoms with E-state index >= 15 is 0 Å². The first-order valence-corrected chi connectivity index (χ1v) is 7.71. The molecule has 0 bridgehead atoms. The standard InChI is InChI=1S/C17H13ClN2O2S/c18-13-7-6-12(8-14-16(21)20-17(23)19-14)15(9-13)22-10-11-4-2-1-3-5-11/h1-9H,10H2,(H2,19,20,21,23)/b14-8-. The molecule has 3 rings (SSSR count). The molecule has 1 fully saturated rings. The molecule has 6 heteroatoms. The van der Waals surface area contributed by atoms with Gasteiger partial charge in [-0.2, -0.15) is 0 Å². The molecule has 0 spiro atoms. The van der Waals surface area contributed by atoms with Crippen molar-refractivity contribution in [3.05, 3.63) is 70.4 Å². The molecule has 2 N–H and O–H groups in total. The van der Waals surface area contributed by atoms with Crippen molar-refractivity contribution in [1.29, 1.82) is 0 Å². The maximum absolute atomic E-state index is 11.8. The summed E-state index contributed by atoms with van der Waals surface area (Å²) in [4.78, 5) is 11.8. The molecule has 4 nitrogen and oxygen atoms in total. The molecule has 2 aromatic rings. The zero-order chi connectivity index (χ0) is 16.2. The van der Waals surface area contributed by atoms with Gasteiger partial charge in [0.25, 0.3) is 5.91 Å². The number of nitrogens with one attached hydrogen (secondary N) is 2. The molecule has 116 valence electrons. The van der Waals surface area contributed by atoms with Crippen LogP contribution in [-0.4, -0.2) is 11.0 Å². The largest absolute Gasteiger partial charge is 0.488 e. The number of hydrogen-bond acceptors (Lipinski definition) is 3. The maximum Gasteiger partial charge on any atom is 0.273 e. The number of hydrogen-bond donors (Lipinski definition) is 2. The fourth-order valence-electron chi connectivity index (χ4n) is 2.13. The Hall–Kier alpha value is -2.37. The Bertz CT molecular complexity index is 790. The number of halogens is 1. The van der Waals surface area contributed by atoms with Crippen LogP contribution in [-0.2, 0) is 11.4 Å². The van der Waals surface area contributed by atoms with Gasteiger partial charge in [-0.1, -0.05) is 41.9 Å². The quantitative estimate of drug-likeness (QED) is 0.660. The molecule has 0 radical (unpaired) electrons. The van der Waals surface area contributed by atoms with Crippen molar-refractivity contribution >= 4 is 40.9 Å². The number of benzene rings is 2. The Morgan fingerprint density at radius 2 is 1.91 bits per heavy atom. The van der Waals surface area contributed by atoms with Crippen molar-refractivity contribution in [2.24, 2.45) is 0 Å². The molecule has 1 amide bonds. The smallest absolute Gasteiger partial charge is 0.273 e. The van der Waals surface area contributed by atoms with E-state index in [1.807, 2.05) is 30.3 Å². The first-order chi connectivity index (χ1) is 11.1. The molecule has 0 unspecified atom stereocenters. The van der Waals surface area contributed by atoms with E-state index in [0.717, 1.165) is 11.1 Å². The highest BCUT2D eigenvalue weighted by Crippen LogP contribution is 2.26. The minimum atomic E-state index is -0.265. The van der Waals surface area contributed by atoms with Crippen LogP contribution in [0.4, 0.5) is 0 Å². The van der Waals surface area contributed by atoms with E-state index in [2.05, 4.69) is 10.6 Å². The fourth-order valence-corrected chi connectivity index (χ4v) is 2.49. The number of ether oxygens (including phenoxy) is 1. The molecule has 1 heterocycles. The highest BCUT2D eigenvalue weighted by molar-refractivity contribution is 7.80. The van der Waals surface area contributed by atoms with Crippen LogP contribution < -0.4 is 15.4 Å². The number of rotatable bonds is 4. The summed E-state index contributed by atoms with van der Waals surface area (Å²) in [6.45, 7) is 0.412. The van der Waals surface area contributed by atoms with Crippen LogP contribution >= 0.6 is 23.8 Å². The number of thiocarbonyl (C=S) groups is 1. The molecule has 0 saturated carbocycles. The van der Waals surface area contributed by atoms with Gasteiger partial charge < -0.3 is 10.1 Å². The van der Waals surface area contributed by atoms with Gasteiger partial charge in [-0.3, -0.25) is 10.1 Å². The molecule has 1 aliphatic heterocycles. The second-order valence-corrected chi connectivity index (χ2v) is 5.77. The highest BCUT2D eigenvalue weighted by atomic mass is 35.5. The van der Waals surface area contributed by atoms with E-state index in [1.165, 1.54) is 0 Å². The lowest BCUT2D eigenvalue weighted by molar-refractivity contribution is -0.115. The third-order valence-electron chi connectivity index (χ3n) is 3.23. The zero-order valence-electron chi connectivity index (χ0n) is 12.0. The van der Waals surface area contributed by atoms with Crippen LogP contribution in [0.15, 0.2) is 54.2 Å². The summed E-state index contributed by atoms with van der Waals surface area (Å²) in [5.74, 6) is 0.334. The third kappa shape index (κ3) is 3.88. The van der Waals surface area contributed by atoms with Gasteiger partial charge in [-0.15, -0.1) is 0 Å². The Morgan fingerprint density at radius 3 is 2.61 bits per heavy atom. The Kier molecular flexibility index (Phi) is 4.60. The minimum absolute atomic E-state index is 0.265.